The van der Waals surface area contributed by atoms with E-state index in [4.69, 9.17) is 11.5 Å². The monoisotopic (exact) mass is 275 g/mol. The topological polar surface area (TPSA) is 89.4 Å². The van der Waals surface area contributed by atoms with E-state index in [-0.39, 0.29) is 17.7 Å². The van der Waals surface area contributed by atoms with Gasteiger partial charge in [0.1, 0.15) is 0 Å². The molecule has 1 aromatic carbocycles. The second-order valence-corrected chi connectivity index (χ2v) is 5.23. The van der Waals surface area contributed by atoms with Gasteiger partial charge in [-0.2, -0.15) is 0 Å². The molecule has 2 rings (SSSR count). The SMILES string of the molecule is NCc1ccccc1CC(=O)N1CCCC(C(N)=O)C1. The molecule has 1 saturated heterocycles. The third kappa shape index (κ3) is 3.36. The minimum atomic E-state index is -0.315. The van der Waals surface area contributed by atoms with Crippen LogP contribution in [0.1, 0.15) is 24.0 Å². The van der Waals surface area contributed by atoms with Crippen LogP contribution in [0.5, 0.6) is 0 Å². The van der Waals surface area contributed by atoms with Crippen LogP contribution in [-0.4, -0.2) is 29.8 Å². The zero-order valence-electron chi connectivity index (χ0n) is 11.5. The maximum absolute atomic E-state index is 12.3. The van der Waals surface area contributed by atoms with Gasteiger partial charge in [0.25, 0.3) is 0 Å². The van der Waals surface area contributed by atoms with E-state index in [0.717, 1.165) is 24.0 Å². The number of amides is 2. The maximum Gasteiger partial charge on any atom is 0.227 e. The highest BCUT2D eigenvalue weighted by molar-refractivity contribution is 5.81. The summed E-state index contributed by atoms with van der Waals surface area (Å²) in [5.41, 5.74) is 13.0. The molecule has 20 heavy (non-hydrogen) atoms. The zero-order chi connectivity index (χ0) is 14.5. The number of hydrogen-bond donors (Lipinski definition) is 2. The van der Waals surface area contributed by atoms with E-state index in [1.165, 1.54) is 0 Å². The molecule has 1 aliphatic rings. The summed E-state index contributed by atoms with van der Waals surface area (Å²) >= 11 is 0. The summed E-state index contributed by atoms with van der Waals surface area (Å²) < 4.78 is 0. The third-order valence-electron chi connectivity index (χ3n) is 3.86. The molecule has 1 unspecified atom stereocenters. The van der Waals surface area contributed by atoms with Gasteiger partial charge in [-0.15, -0.1) is 0 Å². The van der Waals surface area contributed by atoms with E-state index in [1.54, 1.807) is 4.90 Å². The van der Waals surface area contributed by atoms with E-state index >= 15 is 0 Å². The first kappa shape index (κ1) is 14.5. The summed E-state index contributed by atoms with van der Waals surface area (Å²) in [7, 11) is 0. The Bertz CT molecular complexity index is 502. The molecule has 0 radical (unpaired) electrons. The van der Waals surface area contributed by atoms with Crippen LogP contribution in [0.2, 0.25) is 0 Å². The van der Waals surface area contributed by atoms with Crippen LogP contribution in [-0.2, 0) is 22.6 Å². The lowest BCUT2D eigenvalue weighted by molar-refractivity contribution is -0.134. The first-order valence-corrected chi connectivity index (χ1v) is 6.95. The number of carbonyl (C=O) groups excluding carboxylic acids is 2. The van der Waals surface area contributed by atoms with Gasteiger partial charge in [0.2, 0.25) is 11.8 Å². The number of likely N-dealkylation sites (tertiary alicyclic amines) is 1. The Labute approximate surface area is 118 Å². The van der Waals surface area contributed by atoms with Crippen molar-refractivity contribution < 1.29 is 9.59 Å². The van der Waals surface area contributed by atoms with Crippen molar-refractivity contribution in [3.05, 3.63) is 35.4 Å². The van der Waals surface area contributed by atoms with Gasteiger partial charge in [-0.25, -0.2) is 0 Å². The van der Waals surface area contributed by atoms with Crippen molar-refractivity contribution in [2.24, 2.45) is 17.4 Å². The van der Waals surface area contributed by atoms with E-state index < -0.39 is 0 Å². The minimum Gasteiger partial charge on any atom is -0.369 e. The van der Waals surface area contributed by atoms with Crippen LogP contribution >= 0.6 is 0 Å². The van der Waals surface area contributed by atoms with Gasteiger partial charge in [-0.05, 0) is 24.0 Å². The molecule has 0 saturated carbocycles. The molecule has 0 bridgehead atoms. The van der Waals surface area contributed by atoms with Crippen molar-refractivity contribution in [3.63, 3.8) is 0 Å². The predicted molar refractivity (Wildman–Crippen MR) is 76.5 cm³/mol. The van der Waals surface area contributed by atoms with Crippen LogP contribution < -0.4 is 11.5 Å². The fourth-order valence-electron chi connectivity index (χ4n) is 2.64. The summed E-state index contributed by atoms with van der Waals surface area (Å²) in [5, 5.41) is 0. The van der Waals surface area contributed by atoms with E-state index in [1.807, 2.05) is 24.3 Å². The fraction of sp³-hybridized carbons (Fsp3) is 0.467. The van der Waals surface area contributed by atoms with Crippen molar-refractivity contribution in [1.82, 2.24) is 4.90 Å². The molecule has 4 N–H and O–H groups in total. The Hall–Kier alpha value is -1.88. The summed E-state index contributed by atoms with van der Waals surface area (Å²) in [4.78, 5) is 25.3. The van der Waals surface area contributed by atoms with E-state index in [9.17, 15) is 9.59 Å². The molecular formula is C15H21N3O2. The van der Waals surface area contributed by atoms with Crippen LogP contribution in [0.3, 0.4) is 0 Å². The predicted octanol–water partition coefficient (Wildman–Crippen LogP) is 0.412. The lowest BCUT2D eigenvalue weighted by Gasteiger charge is -2.31. The number of benzene rings is 1. The van der Waals surface area contributed by atoms with Gasteiger partial charge >= 0.3 is 0 Å². The number of nitrogens with zero attached hydrogens (tertiary/aromatic N) is 1. The van der Waals surface area contributed by atoms with Crippen molar-refractivity contribution in [2.45, 2.75) is 25.8 Å². The highest BCUT2D eigenvalue weighted by atomic mass is 16.2. The average molecular weight is 275 g/mol. The number of nitrogens with two attached hydrogens (primary N) is 2. The van der Waals surface area contributed by atoms with E-state index in [2.05, 4.69) is 0 Å². The van der Waals surface area contributed by atoms with Crippen molar-refractivity contribution >= 4 is 11.8 Å². The highest BCUT2D eigenvalue weighted by Gasteiger charge is 2.27. The summed E-state index contributed by atoms with van der Waals surface area (Å²) in [6.45, 7) is 1.57. The number of rotatable bonds is 4. The maximum atomic E-state index is 12.3. The standard InChI is InChI=1S/C15H21N3O2/c16-9-12-5-2-1-4-11(12)8-14(19)18-7-3-6-13(10-18)15(17)20/h1-2,4-5,13H,3,6-10,16H2,(H2,17,20). The van der Waals surface area contributed by atoms with Gasteiger partial charge in [-0.1, -0.05) is 24.3 Å². The van der Waals surface area contributed by atoms with Gasteiger partial charge in [0.15, 0.2) is 0 Å². The molecule has 1 fully saturated rings. The molecule has 1 heterocycles. The molecule has 5 heteroatoms. The lowest BCUT2D eigenvalue weighted by atomic mass is 9.96. The second kappa shape index (κ2) is 6.52. The molecular weight excluding hydrogens is 254 g/mol. The Kier molecular flexibility index (Phi) is 4.74. The Morgan fingerprint density at radius 2 is 1.95 bits per heavy atom. The number of piperidine rings is 1. The van der Waals surface area contributed by atoms with Crippen LogP contribution in [0, 0.1) is 5.92 Å². The highest BCUT2D eigenvalue weighted by Crippen LogP contribution is 2.18. The largest absolute Gasteiger partial charge is 0.369 e. The van der Waals surface area contributed by atoms with Gasteiger partial charge in [0.05, 0.1) is 12.3 Å². The normalized spacial score (nSPS) is 18.9. The second-order valence-electron chi connectivity index (χ2n) is 5.23. The Morgan fingerprint density at radius 1 is 1.25 bits per heavy atom. The Balaban J connectivity index is 2.02. The molecule has 2 amide bonds. The molecule has 5 nitrogen and oxygen atoms in total. The minimum absolute atomic E-state index is 0.0388. The van der Waals surface area contributed by atoms with Crippen LogP contribution in [0.4, 0.5) is 0 Å². The summed E-state index contributed by atoms with van der Waals surface area (Å²) in [6, 6.07) is 7.69. The molecule has 0 aliphatic carbocycles. The molecule has 0 spiro atoms. The number of hydrogen-bond acceptors (Lipinski definition) is 3. The van der Waals surface area contributed by atoms with Crippen LogP contribution in [0.25, 0.3) is 0 Å². The molecule has 0 aromatic heterocycles. The first-order chi connectivity index (χ1) is 9.61. The number of primary amides is 1. The zero-order valence-corrected chi connectivity index (χ0v) is 11.5. The van der Waals surface area contributed by atoms with Crippen molar-refractivity contribution in [1.29, 1.82) is 0 Å². The third-order valence-corrected chi connectivity index (χ3v) is 3.86. The Morgan fingerprint density at radius 3 is 2.60 bits per heavy atom. The average Bonchev–Trinajstić information content (AvgIpc) is 2.48. The fourth-order valence-corrected chi connectivity index (χ4v) is 2.64. The summed E-state index contributed by atoms with van der Waals surface area (Å²) in [5.74, 6) is -0.487. The van der Waals surface area contributed by atoms with E-state index in [0.29, 0.717) is 26.1 Å². The molecule has 1 aromatic rings. The molecule has 1 aliphatic heterocycles. The van der Waals surface area contributed by atoms with Gasteiger partial charge < -0.3 is 16.4 Å². The lowest BCUT2D eigenvalue weighted by Crippen LogP contribution is -2.44. The number of carbonyl (C=O) groups is 2. The van der Waals surface area contributed by atoms with Crippen LogP contribution in [0.15, 0.2) is 24.3 Å². The molecule has 1 atom stereocenters. The van der Waals surface area contributed by atoms with Crippen molar-refractivity contribution in [2.75, 3.05) is 13.1 Å². The van der Waals surface area contributed by atoms with Gasteiger partial charge in [0, 0.05) is 19.6 Å². The smallest absolute Gasteiger partial charge is 0.227 e. The van der Waals surface area contributed by atoms with Crippen molar-refractivity contribution in [3.8, 4) is 0 Å². The summed E-state index contributed by atoms with van der Waals surface area (Å²) in [6.07, 6.45) is 1.94. The quantitative estimate of drug-likeness (QED) is 0.834. The molecule has 108 valence electrons. The first-order valence-electron chi connectivity index (χ1n) is 6.95. The van der Waals surface area contributed by atoms with Gasteiger partial charge in [-0.3, -0.25) is 9.59 Å².